The van der Waals surface area contributed by atoms with Gasteiger partial charge in [-0.1, -0.05) is 19.1 Å². The lowest BCUT2D eigenvalue weighted by Gasteiger charge is -2.50. The molecule has 0 heterocycles. The average Bonchev–Trinajstić information content (AvgIpc) is 2.92. The number of alkyl halides is 2. The minimum absolute atomic E-state index is 0.250. The van der Waals surface area contributed by atoms with Crippen LogP contribution in [0.4, 0.5) is 8.78 Å². The lowest BCUT2D eigenvalue weighted by molar-refractivity contribution is -0.114. The van der Waals surface area contributed by atoms with E-state index in [2.05, 4.69) is 13.5 Å². The van der Waals surface area contributed by atoms with Crippen molar-refractivity contribution in [2.24, 2.45) is 23.2 Å². The van der Waals surface area contributed by atoms with Crippen LogP contribution in [0.25, 0.3) is 0 Å². The minimum Gasteiger partial charge on any atom is -0.295 e. The first kappa shape index (κ1) is 16.2. The summed E-state index contributed by atoms with van der Waals surface area (Å²) in [4.78, 5) is 11.7. The van der Waals surface area contributed by atoms with Crippen LogP contribution in [0.1, 0.15) is 58.3 Å². The van der Waals surface area contributed by atoms with Gasteiger partial charge >= 0.3 is 0 Å². The van der Waals surface area contributed by atoms with Crippen LogP contribution in [-0.4, -0.2) is 11.7 Å². The van der Waals surface area contributed by atoms with E-state index in [0.29, 0.717) is 24.7 Å². The van der Waals surface area contributed by atoms with Crippen LogP contribution in [0, 0.1) is 23.2 Å². The predicted octanol–water partition coefficient (Wildman–Crippen LogP) is 5.63. The van der Waals surface area contributed by atoms with Crippen LogP contribution in [-0.2, 0) is 4.79 Å². The normalized spacial score (nSPS) is 39.0. The maximum absolute atomic E-state index is 14.4. The molecule has 0 bridgehead atoms. The lowest BCUT2D eigenvalue weighted by atomic mass is 9.55. The second-order valence-corrected chi connectivity index (χ2v) is 8.41. The fraction of sp³-hybridized carbons (Fsp3) is 0.667. The maximum atomic E-state index is 14.4. The zero-order valence-electron chi connectivity index (χ0n) is 14.4. The molecule has 0 aromatic rings. The SMILES string of the molecule is C=CC(F)(F)C1CC[C@H]2[C@@H]3CCC4=CC(=O)CCC4=C3CC[C@]12C. The Balaban J connectivity index is 1.70. The molecule has 130 valence electrons. The van der Waals surface area contributed by atoms with E-state index in [9.17, 15) is 13.6 Å². The van der Waals surface area contributed by atoms with E-state index in [1.165, 1.54) is 16.7 Å². The second kappa shape index (κ2) is 5.37. The standard InChI is InChI=1S/C21H26F2O/c1-3-21(22,23)19-9-8-18-17-6-4-13-12-14(24)5-7-15(13)16(17)10-11-20(18,19)2/h3,12,17-19H,1,4-11H2,2H3/t17-,18+,19?,20+/m1/s1. The Kier molecular flexibility index (Phi) is 3.63. The third kappa shape index (κ3) is 2.19. The number of hydrogen-bond donors (Lipinski definition) is 0. The van der Waals surface area contributed by atoms with Crippen LogP contribution >= 0.6 is 0 Å². The van der Waals surface area contributed by atoms with Crippen molar-refractivity contribution in [1.82, 2.24) is 0 Å². The Bertz CT molecular complexity index is 657. The molecule has 0 N–H and O–H groups in total. The molecule has 0 saturated heterocycles. The molecule has 0 aromatic carbocycles. The Morgan fingerprint density at radius 2 is 2.00 bits per heavy atom. The average molecular weight is 332 g/mol. The van der Waals surface area contributed by atoms with Crippen molar-refractivity contribution in [1.29, 1.82) is 0 Å². The summed E-state index contributed by atoms with van der Waals surface area (Å²) in [6.07, 6.45) is 9.48. The van der Waals surface area contributed by atoms with Gasteiger partial charge < -0.3 is 0 Å². The Labute approximate surface area is 142 Å². The third-order valence-electron chi connectivity index (χ3n) is 7.47. The number of carbonyl (C=O) groups excluding carboxylic acids is 1. The van der Waals surface area contributed by atoms with Crippen LogP contribution in [0.2, 0.25) is 0 Å². The molecule has 4 aliphatic carbocycles. The summed E-state index contributed by atoms with van der Waals surface area (Å²) in [5.74, 6) is -2.26. The van der Waals surface area contributed by atoms with Crippen LogP contribution in [0.3, 0.4) is 0 Å². The molecule has 0 spiro atoms. The molecule has 4 aliphatic rings. The van der Waals surface area contributed by atoms with Crippen LogP contribution in [0.15, 0.2) is 35.5 Å². The highest BCUT2D eigenvalue weighted by atomic mass is 19.3. The van der Waals surface area contributed by atoms with E-state index in [1.54, 1.807) is 0 Å². The third-order valence-corrected chi connectivity index (χ3v) is 7.47. The number of ketones is 1. The van der Waals surface area contributed by atoms with E-state index >= 15 is 0 Å². The number of allylic oxidation sites excluding steroid dienone is 5. The van der Waals surface area contributed by atoms with E-state index in [-0.39, 0.29) is 11.2 Å². The fourth-order valence-corrected chi connectivity index (χ4v) is 6.30. The van der Waals surface area contributed by atoms with E-state index in [0.717, 1.165) is 44.6 Å². The largest absolute Gasteiger partial charge is 0.295 e. The molecule has 0 radical (unpaired) electrons. The molecule has 2 saturated carbocycles. The predicted molar refractivity (Wildman–Crippen MR) is 90.8 cm³/mol. The molecular formula is C21H26F2O. The first-order chi connectivity index (χ1) is 11.4. The van der Waals surface area contributed by atoms with E-state index < -0.39 is 11.8 Å². The first-order valence-corrected chi connectivity index (χ1v) is 9.34. The van der Waals surface area contributed by atoms with Gasteiger partial charge in [0.25, 0.3) is 5.92 Å². The Morgan fingerprint density at radius 1 is 1.21 bits per heavy atom. The number of rotatable bonds is 2. The van der Waals surface area contributed by atoms with Gasteiger partial charge in [-0.25, -0.2) is 8.78 Å². The number of hydrogen-bond acceptors (Lipinski definition) is 1. The van der Waals surface area contributed by atoms with Gasteiger partial charge in [0.05, 0.1) is 0 Å². The van der Waals surface area contributed by atoms with Gasteiger partial charge in [0, 0.05) is 12.3 Å². The maximum Gasteiger partial charge on any atom is 0.269 e. The smallest absolute Gasteiger partial charge is 0.269 e. The zero-order valence-corrected chi connectivity index (χ0v) is 14.4. The highest BCUT2D eigenvalue weighted by Crippen LogP contribution is 2.64. The number of halogens is 2. The molecule has 4 atom stereocenters. The number of fused-ring (bicyclic) bond motifs is 4. The van der Waals surface area contributed by atoms with Crippen molar-refractivity contribution in [3.05, 3.63) is 35.5 Å². The summed E-state index contributed by atoms with van der Waals surface area (Å²) in [6.45, 7) is 5.49. The Morgan fingerprint density at radius 3 is 2.75 bits per heavy atom. The molecule has 4 rings (SSSR count). The summed E-state index contributed by atoms with van der Waals surface area (Å²) in [5.41, 5.74) is 3.88. The molecule has 1 nitrogen and oxygen atoms in total. The van der Waals surface area contributed by atoms with Gasteiger partial charge in [-0.3, -0.25) is 4.79 Å². The van der Waals surface area contributed by atoms with Gasteiger partial charge in [-0.15, -0.1) is 0 Å². The van der Waals surface area contributed by atoms with Gasteiger partial charge in [0.2, 0.25) is 0 Å². The lowest BCUT2D eigenvalue weighted by Crippen LogP contribution is -2.44. The summed E-state index contributed by atoms with van der Waals surface area (Å²) in [5, 5.41) is 0. The molecular weight excluding hydrogens is 306 g/mol. The highest BCUT2D eigenvalue weighted by Gasteiger charge is 2.59. The summed E-state index contributed by atoms with van der Waals surface area (Å²) >= 11 is 0. The molecule has 0 amide bonds. The van der Waals surface area contributed by atoms with Gasteiger partial charge in [-0.2, -0.15) is 0 Å². The van der Waals surface area contributed by atoms with E-state index in [4.69, 9.17) is 0 Å². The molecule has 24 heavy (non-hydrogen) atoms. The van der Waals surface area contributed by atoms with Crippen LogP contribution < -0.4 is 0 Å². The van der Waals surface area contributed by atoms with Crippen molar-refractivity contribution in [3.8, 4) is 0 Å². The molecule has 0 aromatic heterocycles. The molecule has 2 fully saturated rings. The highest BCUT2D eigenvalue weighted by molar-refractivity contribution is 5.93. The van der Waals surface area contributed by atoms with Crippen molar-refractivity contribution in [2.45, 2.75) is 64.2 Å². The number of carbonyl (C=O) groups is 1. The monoisotopic (exact) mass is 332 g/mol. The van der Waals surface area contributed by atoms with Crippen molar-refractivity contribution >= 4 is 5.78 Å². The van der Waals surface area contributed by atoms with Gasteiger partial charge in [-0.05, 0) is 85.5 Å². The summed E-state index contributed by atoms with van der Waals surface area (Å²) in [6, 6.07) is 0. The van der Waals surface area contributed by atoms with Crippen molar-refractivity contribution in [3.63, 3.8) is 0 Å². The quantitative estimate of drug-likeness (QED) is 0.599. The van der Waals surface area contributed by atoms with Crippen LogP contribution in [0.5, 0.6) is 0 Å². The minimum atomic E-state index is -2.76. The van der Waals surface area contributed by atoms with E-state index in [1.807, 2.05) is 6.08 Å². The summed E-state index contributed by atoms with van der Waals surface area (Å²) in [7, 11) is 0. The second-order valence-electron chi connectivity index (χ2n) is 8.41. The fourth-order valence-electron chi connectivity index (χ4n) is 6.30. The topological polar surface area (TPSA) is 17.1 Å². The molecule has 3 heteroatoms. The Hall–Kier alpha value is -1.25. The van der Waals surface area contributed by atoms with Gasteiger partial charge in [0.15, 0.2) is 5.78 Å². The zero-order chi connectivity index (χ0) is 17.1. The summed E-state index contributed by atoms with van der Waals surface area (Å²) < 4.78 is 28.9. The van der Waals surface area contributed by atoms with Gasteiger partial charge in [0.1, 0.15) is 0 Å². The molecule has 1 unspecified atom stereocenters. The first-order valence-electron chi connectivity index (χ1n) is 9.34. The van der Waals surface area contributed by atoms with Crippen molar-refractivity contribution < 1.29 is 13.6 Å². The molecule has 0 aliphatic heterocycles. The van der Waals surface area contributed by atoms with Crippen molar-refractivity contribution in [2.75, 3.05) is 0 Å².